The summed E-state index contributed by atoms with van der Waals surface area (Å²) in [6.07, 6.45) is -0.0326. The van der Waals surface area contributed by atoms with Crippen molar-refractivity contribution in [1.29, 1.82) is 0 Å². The molecule has 1 saturated heterocycles. The molecule has 1 fully saturated rings. The highest BCUT2D eigenvalue weighted by molar-refractivity contribution is 6.31. The van der Waals surface area contributed by atoms with Crippen LogP contribution in [0, 0.1) is 16.0 Å². The van der Waals surface area contributed by atoms with E-state index in [2.05, 4.69) is 0 Å². The molecule has 2 amide bonds. The predicted octanol–water partition coefficient (Wildman–Crippen LogP) is 1.09. The van der Waals surface area contributed by atoms with E-state index in [1.807, 2.05) is 0 Å². The summed E-state index contributed by atoms with van der Waals surface area (Å²) in [4.78, 5) is 34.4. The molecule has 1 aromatic rings. The van der Waals surface area contributed by atoms with Gasteiger partial charge in [0.05, 0.1) is 10.8 Å². The largest absolute Gasteiger partial charge is 0.369 e. The van der Waals surface area contributed by atoms with Crippen LogP contribution in [0.15, 0.2) is 18.2 Å². The van der Waals surface area contributed by atoms with E-state index in [1.54, 1.807) is 0 Å². The van der Waals surface area contributed by atoms with Gasteiger partial charge in [-0.2, -0.15) is 0 Å². The van der Waals surface area contributed by atoms with Gasteiger partial charge in [0.1, 0.15) is 5.69 Å². The van der Waals surface area contributed by atoms with E-state index in [4.69, 9.17) is 17.3 Å². The number of halogens is 1. The first-order valence-electron chi connectivity index (χ1n) is 5.43. The topological polar surface area (TPSA) is 107 Å². The summed E-state index contributed by atoms with van der Waals surface area (Å²) in [6.45, 7) is 0.0522. The molecule has 0 bridgehead atoms. The fourth-order valence-electron chi connectivity index (χ4n) is 2.00. The molecule has 0 saturated carbocycles. The Morgan fingerprint density at radius 1 is 1.53 bits per heavy atom. The fraction of sp³-hybridized carbons (Fsp3) is 0.273. The summed E-state index contributed by atoms with van der Waals surface area (Å²) in [5, 5.41) is 11.2. The highest BCUT2D eigenvalue weighted by atomic mass is 35.5. The van der Waals surface area contributed by atoms with E-state index >= 15 is 0 Å². The smallest absolute Gasteiger partial charge is 0.294 e. The van der Waals surface area contributed by atoms with Crippen molar-refractivity contribution in [3.63, 3.8) is 0 Å². The van der Waals surface area contributed by atoms with Crippen LogP contribution in [-0.4, -0.2) is 23.3 Å². The molecule has 0 aromatic heterocycles. The molecule has 0 radical (unpaired) electrons. The number of anilines is 1. The van der Waals surface area contributed by atoms with Gasteiger partial charge in [-0.15, -0.1) is 0 Å². The molecule has 2 rings (SSSR count). The van der Waals surface area contributed by atoms with Gasteiger partial charge in [-0.25, -0.2) is 0 Å². The maximum absolute atomic E-state index is 11.8. The third-order valence-corrected chi connectivity index (χ3v) is 3.19. The Kier molecular flexibility index (Phi) is 3.39. The summed E-state index contributed by atoms with van der Waals surface area (Å²) in [5.41, 5.74) is 5.01. The average Bonchev–Trinajstić information content (AvgIpc) is 2.71. The van der Waals surface area contributed by atoms with Crippen molar-refractivity contribution in [3.8, 4) is 0 Å². The lowest BCUT2D eigenvalue weighted by atomic mass is 10.1. The number of hydrogen-bond donors (Lipinski definition) is 1. The fourth-order valence-corrected chi connectivity index (χ4v) is 2.17. The second kappa shape index (κ2) is 4.85. The van der Waals surface area contributed by atoms with Crippen molar-refractivity contribution < 1.29 is 14.5 Å². The van der Waals surface area contributed by atoms with Crippen molar-refractivity contribution in [3.05, 3.63) is 33.3 Å². The third-order valence-electron chi connectivity index (χ3n) is 2.95. The van der Waals surface area contributed by atoms with Gasteiger partial charge in [-0.3, -0.25) is 19.7 Å². The maximum atomic E-state index is 11.8. The quantitative estimate of drug-likeness (QED) is 0.661. The lowest BCUT2D eigenvalue weighted by Gasteiger charge is -2.16. The van der Waals surface area contributed by atoms with E-state index in [0.29, 0.717) is 0 Å². The zero-order valence-corrected chi connectivity index (χ0v) is 10.5. The Bertz CT molecular complexity index is 575. The zero-order chi connectivity index (χ0) is 14.2. The summed E-state index contributed by atoms with van der Waals surface area (Å²) >= 11 is 5.70. The van der Waals surface area contributed by atoms with Gasteiger partial charge in [-0.05, 0) is 12.1 Å². The molecule has 1 aromatic carbocycles. The first kappa shape index (κ1) is 13.3. The van der Waals surface area contributed by atoms with Crippen LogP contribution in [0.25, 0.3) is 0 Å². The number of carbonyl (C=O) groups excluding carboxylic acids is 2. The number of amides is 2. The molecule has 19 heavy (non-hydrogen) atoms. The van der Waals surface area contributed by atoms with Gasteiger partial charge in [0.25, 0.3) is 5.69 Å². The van der Waals surface area contributed by atoms with Crippen LogP contribution in [0.2, 0.25) is 5.02 Å². The Labute approximate surface area is 113 Å². The summed E-state index contributed by atoms with van der Waals surface area (Å²) in [7, 11) is 0. The molecule has 2 N–H and O–H groups in total. The zero-order valence-electron chi connectivity index (χ0n) is 9.71. The van der Waals surface area contributed by atoms with Crippen LogP contribution in [0.3, 0.4) is 0 Å². The number of nitrogens with zero attached hydrogens (tertiary/aromatic N) is 2. The van der Waals surface area contributed by atoms with Crippen LogP contribution in [-0.2, 0) is 9.59 Å². The van der Waals surface area contributed by atoms with Gasteiger partial charge in [-0.1, -0.05) is 11.6 Å². The molecule has 1 aliphatic rings. The van der Waals surface area contributed by atoms with Gasteiger partial charge in [0.2, 0.25) is 11.8 Å². The minimum atomic E-state index is -0.622. The monoisotopic (exact) mass is 283 g/mol. The van der Waals surface area contributed by atoms with Crippen molar-refractivity contribution in [2.45, 2.75) is 6.42 Å². The maximum Gasteiger partial charge on any atom is 0.294 e. The first-order chi connectivity index (χ1) is 8.90. The Balaban J connectivity index is 2.40. The minimum Gasteiger partial charge on any atom is -0.369 e. The van der Waals surface area contributed by atoms with E-state index in [0.717, 1.165) is 0 Å². The van der Waals surface area contributed by atoms with E-state index < -0.39 is 16.7 Å². The number of primary amides is 1. The van der Waals surface area contributed by atoms with Crippen LogP contribution in [0.1, 0.15) is 6.42 Å². The lowest BCUT2D eigenvalue weighted by Crippen LogP contribution is -2.28. The Morgan fingerprint density at radius 2 is 2.21 bits per heavy atom. The molecule has 7 nitrogen and oxygen atoms in total. The van der Waals surface area contributed by atoms with Crippen LogP contribution < -0.4 is 10.6 Å². The van der Waals surface area contributed by atoms with Crippen molar-refractivity contribution in [2.24, 2.45) is 11.7 Å². The Hall–Kier alpha value is -2.15. The van der Waals surface area contributed by atoms with Crippen molar-refractivity contribution in [2.75, 3.05) is 11.4 Å². The molecule has 1 atom stereocenters. The molecule has 0 spiro atoms. The van der Waals surface area contributed by atoms with Crippen LogP contribution >= 0.6 is 11.6 Å². The molecule has 8 heteroatoms. The van der Waals surface area contributed by atoms with E-state index in [1.165, 1.54) is 23.1 Å². The number of nitro groups is 1. The highest BCUT2D eigenvalue weighted by Gasteiger charge is 2.36. The van der Waals surface area contributed by atoms with Crippen molar-refractivity contribution in [1.82, 2.24) is 0 Å². The molecule has 1 heterocycles. The number of rotatable bonds is 3. The second-order valence-corrected chi connectivity index (χ2v) is 4.63. The summed E-state index contributed by atoms with van der Waals surface area (Å²) in [6, 6.07) is 4.01. The van der Waals surface area contributed by atoms with Gasteiger partial charge in [0.15, 0.2) is 0 Å². The minimum absolute atomic E-state index is 0.0326. The lowest BCUT2D eigenvalue weighted by molar-refractivity contribution is -0.384. The van der Waals surface area contributed by atoms with Crippen LogP contribution in [0.4, 0.5) is 11.4 Å². The molecule has 0 aliphatic carbocycles. The Morgan fingerprint density at radius 3 is 2.74 bits per heavy atom. The van der Waals surface area contributed by atoms with Crippen molar-refractivity contribution >= 4 is 34.8 Å². The molecule has 1 aliphatic heterocycles. The van der Waals surface area contributed by atoms with Crippen LogP contribution in [0.5, 0.6) is 0 Å². The highest BCUT2D eigenvalue weighted by Crippen LogP contribution is 2.34. The SMILES string of the molecule is NC(=O)C1CC(=O)N(c2ccc(Cl)cc2[N+](=O)[O-])C1. The normalized spacial score (nSPS) is 18.7. The van der Waals surface area contributed by atoms with Gasteiger partial charge >= 0.3 is 0 Å². The average molecular weight is 284 g/mol. The van der Waals surface area contributed by atoms with E-state index in [9.17, 15) is 19.7 Å². The standard InChI is InChI=1S/C11H10ClN3O4/c12-7-1-2-8(9(4-7)15(18)19)14-5-6(11(13)17)3-10(14)16/h1-2,4,6H,3,5H2,(H2,13,17). The predicted molar refractivity (Wildman–Crippen MR) is 67.8 cm³/mol. The third kappa shape index (κ3) is 2.50. The molecule has 1 unspecified atom stereocenters. The van der Waals surface area contributed by atoms with Gasteiger partial charge in [0, 0.05) is 24.1 Å². The summed E-state index contributed by atoms with van der Waals surface area (Å²) in [5.74, 6) is -1.58. The number of hydrogen-bond acceptors (Lipinski definition) is 4. The number of benzene rings is 1. The number of nitrogens with two attached hydrogens (primary N) is 1. The molecular formula is C11H10ClN3O4. The molecule has 100 valence electrons. The first-order valence-corrected chi connectivity index (χ1v) is 5.81. The summed E-state index contributed by atoms with van der Waals surface area (Å²) < 4.78 is 0. The molecular weight excluding hydrogens is 274 g/mol. The number of carbonyl (C=O) groups is 2. The number of nitro benzene ring substituents is 1. The van der Waals surface area contributed by atoms with E-state index in [-0.39, 0.29) is 35.3 Å². The van der Waals surface area contributed by atoms with Gasteiger partial charge < -0.3 is 10.6 Å². The second-order valence-electron chi connectivity index (χ2n) is 4.20.